The first-order valence-electron chi connectivity index (χ1n) is 4.92. The van der Waals surface area contributed by atoms with E-state index in [9.17, 15) is 13.6 Å². The minimum absolute atomic E-state index is 0.210. The van der Waals surface area contributed by atoms with Crippen LogP contribution in [0.1, 0.15) is 0 Å². The molecule has 17 heavy (non-hydrogen) atoms. The molecule has 3 nitrogen and oxygen atoms in total. The number of rotatable bonds is 0. The highest BCUT2D eigenvalue weighted by atomic mass is 19.2. The summed E-state index contributed by atoms with van der Waals surface area (Å²) in [5.74, 6) is -1.91. The molecule has 1 N–H and O–H groups in total. The van der Waals surface area contributed by atoms with Crippen molar-refractivity contribution in [1.29, 1.82) is 0 Å². The predicted molar refractivity (Wildman–Crippen MR) is 59.8 cm³/mol. The van der Waals surface area contributed by atoms with Gasteiger partial charge in [0.25, 0.3) is 0 Å². The molecule has 84 valence electrons. The molecule has 3 rings (SSSR count). The highest BCUT2D eigenvalue weighted by molar-refractivity contribution is 5.90. The molecule has 0 unspecified atom stereocenters. The minimum Gasteiger partial charge on any atom is -0.346 e. The van der Waals surface area contributed by atoms with Gasteiger partial charge in [-0.15, -0.1) is 0 Å². The second kappa shape index (κ2) is 3.35. The van der Waals surface area contributed by atoms with Crippen LogP contribution in [0.25, 0.3) is 21.9 Å². The van der Waals surface area contributed by atoms with Gasteiger partial charge in [-0.2, -0.15) is 0 Å². The average molecular weight is 232 g/mol. The molecule has 0 aliphatic rings. The molecule has 0 bridgehead atoms. The molecule has 0 saturated carbocycles. The monoisotopic (exact) mass is 232 g/mol. The molecule has 0 atom stereocenters. The van der Waals surface area contributed by atoms with E-state index in [4.69, 9.17) is 0 Å². The van der Waals surface area contributed by atoms with Crippen molar-refractivity contribution in [1.82, 2.24) is 9.97 Å². The molecule has 0 aliphatic heterocycles. The number of aromatic nitrogens is 2. The number of aromatic amines is 1. The molecular formula is C12H6F2N2O. The fraction of sp³-hybridized carbons (Fsp3) is 0. The van der Waals surface area contributed by atoms with Gasteiger partial charge in [0.1, 0.15) is 5.65 Å². The Labute approximate surface area is 93.7 Å². The first kappa shape index (κ1) is 9.89. The van der Waals surface area contributed by atoms with Crippen molar-refractivity contribution in [2.45, 2.75) is 0 Å². The van der Waals surface area contributed by atoms with Gasteiger partial charge in [0, 0.05) is 23.7 Å². The van der Waals surface area contributed by atoms with E-state index in [0.29, 0.717) is 21.9 Å². The zero-order chi connectivity index (χ0) is 12.0. The largest absolute Gasteiger partial charge is 0.346 e. The summed E-state index contributed by atoms with van der Waals surface area (Å²) in [5.41, 5.74) is 0.451. The third-order valence-corrected chi connectivity index (χ3v) is 2.58. The number of pyridine rings is 2. The van der Waals surface area contributed by atoms with Gasteiger partial charge in [-0.05, 0) is 12.1 Å². The second-order valence-electron chi connectivity index (χ2n) is 3.69. The van der Waals surface area contributed by atoms with E-state index >= 15 is 0 Å². The Bertz CT molecular complexity index is 795. The Morgan fingerprint density at radius 1 is 1.12 bits per heavy atom. The molecule has 0 radical (unpaired) electrons. The smallest absolute Gasteiger partial charge is 0.191 e. The van der Waals surface area contributed by atoms with E-state index < -0.39 is 11.6 Å². The lowest BCUT2D eigenvalue weighted by Gasteiger charge is -2.01. The maximum Gasteiger partial charge on any atom is 0.191 e. The Kier molecular flexibility index (Phi) is 1.95. The summed E-state index contributed by atoms with van der Waals surface area (Å²) in [7, 11) is 0. The Morgan fingerprint density at radius 2 is 1.88 bits per heavy atom. The minimum atomic E-state index is -0.956. The van der Waals surface area contributed by atoms with Crippen LogP contribution in [0.15, 0.2) is 35.3 Å². The SMILES string of the molecule is O=c1cc[nH]c2nc3cc(F)c(F)cc3cc12. The van der Waals surface area contributed by atoms with Crippen LogP contribution in [0.3, 0.4) is 0 Å². The van der Waals surface area contributed by atoms with Crippen LogP contribution in [0.5, 0.6) is 0 Å². The fourth-order valence-corrected chi connectivity index (χ4v) is 1.75. The molecular weight excluding hydrogens is 226 g/mol. The quantitative estimate of drug-likeness (QED) is 0.605. The molecule has 0 spiro atoms. The molecule has 2 aromatic heterocycles. The van der Waals surface area contributed by atoms with Gasteiger partial charge in [0.15, 0.2) is 17.1 Å². The summed E-state index contributed by atoms with van der Waals surface area (Å²) in [6.07, 6.45) is 1.46. The zero-order valence-corrected chi connectivity index (χ0v) is 8.50. The lowest BCUT2D eigenvalue weighted by molar-refractivity contribution is 0.510. The fourth-order valence-electron chi connectivity index (χ4n) is 1.75. The summed E-state index contributed by atoms with van der Waals surface area (Å²) >= 11 is 0. The number of benzene rings is 1. The number of nitrogens with one attached hydrogen (secondary N) is 1. The van der Waals surface area contributed by atoms with E-state index in [1.807, 2.05) is 0 Å². The topological polar surface area (TPSA) is 45.8 Å². The zero-order valence-electron chi connectivity index (χ0n) is 8.50. The summed E-state index contributed by atoms with van der Waals surface area (Å²) in [6.45, 7) is 0. The Balaban J connectivity index is 2.53. The molecule has 0 saturated heterocycles. The van der Waals surface area contributed by atoms with E-state index in [0.717, 1.165) is 12.1 Å². The Hall–Kier alpha value is -2.30. The third-order valence-electron chi connectivity index (χ3n) is 2.58. The first-order chi connectivity index (χ1) is 8.15. The number of halogens is 2. The average Bonchev–Trinajstić information content (AvgIpc) is 2.29. The van der Waals surface area contributed by atoms with Crippen LogP contribution in [0, 0.1) is 11.6 Å². The molecule has 0 aliphatic carbocycles. The molecule has 3 aromatic rings. The maximum absolute atomic E-state index is 13.1. The van der Waals surface area contributed by atoms with Crippen LogP contribution >= 0.6 is 0 Å². The van der Waals surface area contributed by atoms with Gasteiger partial charge in [-0.3, -0.25) is 4.79 Å². The normalized spacial score (nSPS) is 11.2. The first-order valence-corrected chi connectivity index (χ1v) is 4.92. The van der Waals surface area contributed by atoms with Crippen molar-refractivity contribution >= 4 is 21.9 Å². The highest BCUT2D eigenvalue weighted by Crippen LogP contribution is 2.19. The van der Waals surface area contributed by atoms with Crippen molar-refractivity contribution in [3.63, 3.8) is 0 Å². The second-order valence-corrected chi connectivity index (χ2v) is 3.69. The maximum atomic E-state index is 13.1. The number of H-pyrrole nitrogens is 1. The molecule has 0 fully saturated rings. The van der Waals surface area contributed by atoms with Crippen molar-refractivity contribution in [3.05, 3.63) is 52.3 Å². The number of hydrogen-bond donors (Lipinski definition) is 1. The molecule has 1 aromatic carbocycles. The van der Waals surface area contributed by atoms with Gasteiger partial charge in [-0.25, -0.2) is 13.8 Å². The molecule has 2 heterocycles. The highest BCUT2D eigenvalue weighted by Gasteiger charge is 2.07. The van der Waals surface area contributed by atoms with Crippen LogP contribution in [-0.2, 0) is 0 Å². The third kappa shape index (κ3) is 1.47. The van der Waals surface area contributed by atoms with E-state index in [2.05, 4.69) is 9.97 Å². The van der Waals surface area contributed by atoms with Gasteiger partial charge >= 0.3 is 0 Å². The van der Waals surface area contributed by atoms with Crippen LogP contribution in [0.2, 0.25) is 0 Å². The van der Waals surface area contributed by atoms with Crippen molar-refractivity contribution in [3.8, 4) is 0 Å². The number of fused-ring (bicyclic) bond motifs is 2. The van der Waals surface area contributed by atoms with E-state index in [1.165, 1.54) is 18.3 Å². The van der Waals surface area contributed by atoms with Crippen LogP contribution in [0.4, 0.5) is 8.78 Å². The number of hydrogen-bond acceptors (Lipinski definition) is 2. The van der Waals surface area contributed by atoms with Gasteiger partial charge < -0.3 is 4.98 Å². The van der Waals surface area contributed by atoms with Crippen molar-refractivity contribution in [2.75, 3.05) is 0 Å². The van der Waals surface area contributed by atoms with E-state index in [1.54, 1.807) is 0 Å². The predicted octanol–water partition coefficient (Wildman–Crippen LogP) is 2.35. The van der Waals surface area contributed by atoms with Crippen LogP contribution < -0.4 is 5.43 Å². The summed E-state index contributed by atoms with van der Waals surface area (Å²) in [4.78, 5) is 18.4. The van der Waals surface area contributed by atoms with Gasteiger partial charge in [-0.1, -0.05) is 0 Å². The summed E-state index contributed by atoms with van der Waals surface area (Å²) < 4.78 is 26.1. The van der Waals surface area contributed by atoms with Gasteiger partial charge in [0.2, 0.25) is 0 Å². The van der Waals surface area contributed by atoms with Crippen LogP contribution in [-0.4, -0.2) is 9.97 Å². The molecule has 5 heteroatoms. The summed E-state index contributed by atoms with van der Waals surface area (Å²) in [6, 6.07) is 4.90. The lowest BCUT2D eigenvalue weighted by atomic mass is 10.1. The molecule has 0 amide bonds. The Morgan fingerprint density at radius 3 is 2.71 bits per heavy atom. The van der Waals surface area contributed by atoms with Gasteiger partial charge in [0.05, 0.1) is 10.9 Å². The van der Waals surface area contributed by atoms with Crippen molar-refractivity contribution in [2.24, 2.45) is 0 Å². The number of nitrogens with zero attached hydrogens (tertiary/aromatic N) is 1. The lowest BCUT2D eigenvalue weighted by Crippen LogP contribution is -2.01. The standard InChI is InChI=1S/C12H6F2N2O/c13-8-4-6-3-7-11(17)1-2-15-12(7)16-10(6)5-9(8)14/h1-5H,(H,15,16,17). The van der Waals surface area contributed by atoms with E-state index in [-0.39, 0.29) is 5.43 Å². The summed E-state index contributed by atoms with van der Waals surface area (Å²) in [5, 5.41) is 0.749. The van der Waals surface area contributed by atoms with Crippen molar-refractivity contribution < 1.29 is 8.78 Å².